The number of nitriles is 1. The molecule has 2 rings (SSSR count). The van der Waals surface area contributed by atoms with Crippen LogP contribution in [0.3, 0.4) is 0 Å². The summed E-state index contributed by atoms with van der Waals surface area (Å²) in [5, 5.41) is 9.93. The summed E-state index contributed by atoms with van der Waals surface area (Å²) in [4.78, 5) is 0. The lowest BCUT2D eigenvalue weighted by Gasteiger charge is -1.97. The van der Waals surface area contributed by atoms with Crippen LogP contribution < -0.4 is 0 Å². The van der Waals surface area contributed by atoms with E-state index in [2.05, 4.69) is 19.9 Å². The topological polar surface area (TPSA) is 23.8 Å². The van der Waals surface area contributed by atoms with E-state index in [1.54, 1.807) is 6.07 Å². The molecule has 0 atom stereocenters. The number of halogens is 2. The molecule has 0 spiro atoms. The van der Waals surface area contributed by atoms with Crippen LogP contribution in [0.1, 0.15) is 58.2 Å². The van der Waals surface area contributed by atoms with Crippen molar-refractivity contribution in [2.24, 2.45) is 0 Å². The lowest BCUT2D eigenvalue weighted by molar-refractivity contribution is 1.14. The third-order valence-corrected chi connectivity index (χ3v) is 3.23. The Bertz CT molecular complexity index is 581. The summed E-state index contributed by atoms with van der Waals surface area (Å²) >= 11 is 11.5. The van der Waals surface area contributed by atoms with E-state index >= 15 is 0 Å². The maximum atomic E-state index is 8.51. The average molecular weight is 366 g/mol. The minimum absolute atomic E-state index is 0.712. The first-order valence-electron chi connectivity index (χ1n) is 8.53. The van der Waals surface area contributed by atoms with Gasteiger partial charge in [-0.2, -0.15) is 5.26 Å². The Kier molecular flexibility index (Phi) is 16.9. The second kappa shape index (κ2) is 16.4. The van der Waals surface area contributed by atoms with Crippen molar-refractivity contribution < 1.29 is 0 Å². The largest absolute Gasteiger partial charge is 0.192 e. The van der Waals surface area contributed by atoms with E-state index in [1.807, 2.05) is 64.1 Å². The van der Waals surface area contributed by atoms with Gasteiger partial charge in [-0.25, -0.2) is 0 Å². The lowest BCUT2D eigenvalue weighted by Crippen LogP contribution is -1.80. The van der Waals surface area contributed by atoms with Gasteiger partial charge in [-0.05, 0) is 54.3 Å². The Labute approximate surface area is 158 Å². The molecule has 0 radical (unpaired) electrons. The van der Waals surface area contributed by atoms with E-state index in [1.165, 1.54) is 11.1 Å². The molecule has 0 aliphatic rings. The van der Waals surface area contributed by atoms with E-state index < -0.39 is 0 Å². The van der Waals surface area contributed by atoms with Gasteiger partial charge in [0.25, 0.3) is 0 Å². The fourth-order valence-corrected chi connectivity index (χ4v) is 2.25. The maximum absolute atomic E-state index is 8.51. The molecule has 0 fully saturated rings. The van der Waals surface area contributed by atoms with Crippen LogP contribution in [0.4, 0.5) is 0 Å². The molecule has 2 aromatic carbocycles. The maximum Gasteiger partial charge on any atom is 0.0991 e. The Balaban J connectivity index is 0. The van der Waals surface area contributed by atoms with E-state index in [0.29, 0.717) is 10.0 Å². The van der Waals surface area contributed by atoms with Gasteiger partial charge in [0.05, 0.1) is 11.6 Å². The fourth-order valence-electron chi connectivity index (χ4n) is 1.68. The highest BCUT2D eigenvalue weighted by atomic mass is 35.5. The highest BCUT2D eigenvalue weighted by Crippen LogP contribution is 2.18. The van der Waals surface area contributed by atoms with Crippen molar-refractivity contribution in [1.29, 1.82) is 5.26 Å². The fraction of sp³-hybridized carbons (Fsp3) is 0.381. The molecule has 0 aliphatic heterocycles. The van der Waals surface area contributed by atoms with Crippen LogP contribution in [-0.2, 0) is 12.8 Å². The first-order chi connectivity index (χ1) is 11.6. The highest BCUT2D eigenvalue weighted by molar-refractivity contribution is 6.34. The van der Waals surface area contributed by atoms with Crippen LogP contribution in [0.15, 0.2) is 42.5 Å². The second-order valence-electron chi connectivity index (χ2n) is 4.30. The normalized spacial score (nSPS) is 8.29. The summed E-state index contributed by atoms with van der Waals surface area (Å²) < 4.78 is 0. The van der Waals surface area contributed by atoms with Gasteiger partial charge >= 0.3 is 0 Å². The van der Waals surface area contributed by atoms with Gasteiger partial charge in [0.1, 0.15) is 0 Å². The first-order valence-corrected chi connectivity index (χ1v) is 9.28. The molecule has 0 N–H and O–H groups in total. The second-order valence-corrected chi connectivity index (χ2v) is 5.17. The smallest absolute Gasteiger partial charge is 0.0991 e. The Morgan fingerprint density at radius 1 is 0.792 bits per heavy atom. The van der Waals surface area contributed by atoms with E-state index in [0.717, 1.165) is 18.4 Å². The van der Waals surface area contributed by atoms with Gasteiger partial charge in [0.2, 0.25) is 0 Å². The zero-order chi connectivity index (χ0) is 19.0. The summed E-state index contributed by atoms with van der Waals surface area (Å²) in [5.74, 6) is 0. The molecule has 0 saturated heterocycles. The molecule has 1 nitrogen and oxygen atoms in total. The van der Waals surface area contributed by atoms with Crippen LogP contribution in [0.2, 0.25) is 10.0 Å². The molecule has 132 valence electrons. The summed E-state index contributed by atoms with van der Waals surface area (Å²) in [6.07, 6.45) is 1.97. The molecule has 0 aliphatic carbocycles. The molecule has 2 aromatic rings. The van der Waals surface area contributed by atoms with Gasteiger partial charge in [-0.1, -0.05) is 76.9 Å². The highest BCUT2D eigenvalue weighted by Gasteiger charge is 1.94. The van der Waals surface area contributed by atoms with Crippen molar-refractivity contribution >= 4 is 23.2 Å². The van der Waals surface area contributed by atoms with Crippen LogP contribution in [0, 0.1) is 11.3 Å². The number of nitrogens with zero attached hydrogens (tertiary/aromatic N) is 1. The number of hydrogen-bond donors (Lipinski definition) is 0. The minimum Gasteiger partial charge on any atom is -0.192 e. The number of aryl methyl sites for hydroxylation is 2. The molecule has 3 heteroatoms. The summed E-state index contributed by atoms with van der Waals surface area (Å²) in [7, 11) is 0. The summed E-state index contributed by atoms with van der Waals surface area (Å²) in [6.45, 7) is 12.2. The van der Waals surface area contributed by atoms with Crippen LogP contribution in [-0.4, -0.2) is 0 Å². The SMILES string of the molecule is CC.CC.CCc1cc(Cl)cc(Cl)c1.CCc1cccc(C#N)c1. The lowest BCUT2D eigenvalue weighted by atomic mass is 10.1. The molecular formula is C21H29Cl2N. The third-order valence-electron chi connectivity index (χ3n) is 2.79. The summed E-state index contributed by atoms with van der Waals surface area (Å²) in [5.41, 5.74) is 3.15. The van der Waals surface area contributed by atoms with Crippen molar-refractivity contribution in [3.05, 3.63) is 69.2 Å². The Hall–Kier alpha value is -1.49. The van der Waals surface area contributed by atoms with Crippen molar-refractivity contribution in [1.82, 2.24) is 0 Å². The Morgan fingerprint density at radius 3 is 1.71 bits per heavy atom. The predicted octanol–water partition coefficient (Wildman–Crippen LogP) is 7.73. The number of rotatable bonds is 2. The van der Waals surface area contributed by atoms with E-state index in [-0.39, 0.29) is 0 Å². The van der Waals surface area contributed by atoms with Gasteiger partial charge in [-0.15, -0.1) is 0 Å². The quantitative estimate of drug-likeness (QED) is 0.533. The minimum atomic E-state index is 0.712. The van der Waals surface area contributed by atoms with Gasteiger partial charge in [0.15, 0.2) is 0 Å². The van der Waals surface area contributed by atoms with Crippen LogP contribution in [0.5, 0.6) is 0 Å². The standard InChI is InChI=1S/C9H9N.C8H8Cl2.2C2H6/c1-2-8-4-3-5-9(6-8)7-10;1-2-6-3-7(9)5-8(10)4-6;2*1-2/h3-6H,2H2,1H3;3-5H,2H2,1H3;2*1-2H3. The van der Waals surface area contributed by atoms with Gasteiger partial charge < -0.3 is 0 Å². The van der Waals surface area contributed by atoms with Crippen molar-refractivity contribution in [3.8, 4) is 6.07 Å². The molecule has 0 amide bonds. The molecule has 0 heterocycles. The average Bonchev–Trinajstić information content (AvgIpc) is 2.64. The first kappa shape index (κ1) is 24.8. The van der Waals surface area contributed by atoms with Crippen LogP contribution >= 0.6 is 23.2 Å². The van der Waals surface area contributed by atoms with Crippen molar-refractivity contribution in [3.63, 3.8) is 0 Å². The zero-order valence-corrected chi connectivity index (χ0v) is 17.2. The van der Waals surface area contributed by atoms with Gasteiger partial charge in [-0.3, -0.25) is 0 Å². The Morgan fingerprint density at radius 2 is 1.29 bits per heavy atom. The third kappa shape index (κ3) is 11.1. The van der Waals surface area contributed by atoms with Crippen LogP contribution in [0.25, 0.3) is 0 Å². The van der Waals surface area contributed by atoms with E-state index in [9.17, 15) is 0 Å². The predicted molar refractivity (Wildman–Crippen MR) is 109 cm³/mol. The van der Waals surface area contributed by atoms with Crippen molar-refractivity contribution in [2.45, 2.75) is 54.4 Å². The number of benzene rings is 2. The zero-order valence-electron chi connectivity index (χ0n) is 15.7. The molecule has 24 heavy (non-hydrogen) atoms. The number of hydrogen-bond acceptors (Lipinski definition) is 1. The molecular weight excluding hydrogens is 337 g/mol. The molecule has 0 unspecified atom stereocenters. The molecule has 0 saturated carbocycles. The van der Waals surface area contributed by atoms with Gasteiger partial charge in [0, 0.05) is 10.0 Å². The molecule has 0 aromatic heterocycles. The monoisotopic (exact) mass is 365 g/mol. The molecule has 0 bridgehead atoms. The summed E-state index contributed by atoms with van der Waals surface area (Å²) in [6, 6.07) is 15.4. The van der Waals surface area contributed by atoms with Crippen molar-refractivity contribution in [2.75, 3.05) is 0 Å². The van der Waals surface area contributed by atoms with E-state index in [4.69, 9.17) is 28.5 Å².